The number of aliphatic imine (C=N–C) groups is 1. The minimum Gasteiger partial charge on any atom is -0.480 e. The minimum atomic E-state index is -1.07. The van der Waals surface area contributed by atoms with Gasteiger partial charge in [-0.25, -0.2) is 4.79 Å². The summed E-state index contributed by atoms with van der Waals surface area (Å²) in [7, 11) is 0. The van der Waals surface area contributed by atoms with Gasteiger partial charge in [0.25, 0.3) is 0 Å². The van der Waals surface area contributed by atoms with E-state index in [0.29, 0.717) is 25.8 Å². The summed E-state index contributed by atoms with van der Waals surface area (Å²) in [6.07, 6.45) is 1.64. The highest BCUT2D eigenvalue weighted by Gasteiger charge is 2.34. The number of aliphatic carboxylic acids is 1. The van der Waals surface area contributed by atoms with Gasteiger partial charge >= 0.3 is 5.97 Å². The Morgan fingerprint density at radius 2 is 1.96 bits per heavy atom. The summed E-state index contributed by atoms with van der Waals surface area (Å²) >= 11 is 0. The van der Waals surface area contributed by atoms with Gasteiger partial charge in [0.1, 0.15) is 12.1 Å². The first-order valence-corrected chi connectivity index (χ1v) is 8.61. The molecule has 0 spiro atoms. The first kappa shape index (κ1) is 22.2. The monoisotopic (exact) mass is 385 g/mol. The van der Waals surface area contributed by atoms with Crippen LogP contribution in [0.3, 0.4) is 0 Å². The first-order chi connectivity index (χ1) is 12.8. The second-order valence-electron chi connectivity index (χ2n) is 6.07. The molecular formula is C15H27N7O5. The Bertz CT molecular complexity index is 591. The van der Waals surface area contributed by atoms with Crippen molar-refractivity contribution >= 4 is 29.7 Å². The van der Waals surface area contributed by atoms with E-state index < -0.39 is 35.8 Å². The average Bonchev–Trinajstić information content (AvgIpc) is 3.11. The lowest BCUT2D eigenvalue weighted by atomic mass is 10.1. The van der Waals surface area contributed by atoms with Crippen LogP contribution in [0.2, 0.25) is 0 Å². The van der Waals surface area contributed by atoms with Gasteiger partial charge in [0.2, 0.25) is 17.7 Å². The third-order valence-electron chi connectivity index (χ3n) is 4.05. The van der Waals surface area contributed by atoms with E-state index in [1.54, 1.807) is 0 Å². The molecule has 9 N–H and O–H groups in total. The summed E-state index contributed by atoms with van der Waals surface area (Å²) < 4.78 is 0. The number of nitrogens with two attached hydrogens (primary N) is 3. The van der Waals surface area contributed by atoms with E-state index in [1.807, 2.05) is 0 Å². The number of carbonyl (C=O) groups excluding carboxylic acids is 3. The molecule has 0 aromatic rings. The molecule has 0 bridgehead atoms. The summed E-state index contributed by atoms with van der Waals surface area (Å²) in [6.45, 7) is -0.0364. The predicted octanol–water partition coefficient (Wildman–Crippen LogP) is -3.32. The quantitative estimate of drug-likeness (QED) is 0.127. The van der Waals surface area contributed by atoms with Crippen LogP contribution in [0.25, 0.3) is 0 Å². The maximum Gasteiger partial charge on any atom is 0.326 e. The smallest absolute Gasteiger partial charge is 0.326 e. The number of guanidine groups is 1. The Morgan fingerprint density at radius 3 is 2.56 bits per heavy atom. The molecule has 27 heavy (non-hydrogen) atoms. The maximum atomic E-state index is 12.3. The second kappa shape index (κ2) is 11.0. The summed E-state index contributed by atoms with van der Waals surface area (Å²) in [4.78, 5) is 52.2. The fourth-order valence-electron chi connectivity index (χ4n) is 2.74. The molecule has 1 saturated heterocycles. The van der Waals surface area contributed by atoms with E-state index in [1.165, 1.54) is 4.90 Å². The third kappa shape index (κ3) is 7.48. The molecule has 1 fully saturated rings. The molecule has 12 nitrogen and oxygen atoms in total. The number of nitrogens with zero attached hydrogens (tertiary/aromatic N) is 2. The van der Waals surface area contributed by atoms with Crippen LogP contribution in [-0.2, 0) is 19.2 Å². The fourth-order valence-corrected chi connectivity index (χ4v) is 2.74. The highest BCUT2D eigenvalue weighted by atomic mass is 16.4. The van der Waals surface area contributed by atoms with Gasteiger partial charge in [0.05, 0.1) is 13.1 Å². The molecule has 0 aromatic heterocycles. The van der Waals surface area contributed by atoms with Crippen LogP contribution in [0.5, 0.6) is 0 Å². The van der Waals surface area contributed by atoms with E-state index in [2.05, 4.69) is 15.6 Å². The topological polar surface area (TPSA) is 206 Å². The number of hydrogen-bond donors (Lipinski definition) is 6. The van der Waals surface area contributed by atoms with Gasteiger partial charge in [0, 0.05) is 13.1 Å². The highest BCUT2D eigenvalue weighted by molar-refractivity contribution is 5.92. The molecule has 0 aliphatic carbocycles. The van der Waals surface area contributed by atoms with E-state index in [4.69, 9.17) is 22.3 Å². The summed E-state index contributed by atoms with van der Waals surface area (Å²) in [5.41, 5.74) is 15.7. The number of hydrogen-bond acceptors (Lipinski definition) is 6. The van der Waals surface area contributed by atoms with E-state index in [9.17, 15) is 19.2 Å². The van der Waals surface area contributed by atoms with Gasteiger partial charge in [-0.2, -0.15) is 0 Å². The Hall–Kier alpha value is -2.89. The Labute approximate surface area is 156 Å². The third-order valence-corrected chi connectivity index (χ3v) is 4.05. The van der Waals surface area contributed by atoms with Crippen molar-refractivity contribution in [2.45, 2.75) is 37.8 Å². The van der Waals surface area contributed by atoms with E-state index in [0.717, 1.165) is 0 Å². The molecule has 12 heteroatoms. The van der Waals surface area contributed by atoms with Gasteiger partial charge < -0.3 is 37.8 Å². The summed E-state index contributed by atoms with van der Waals surface area (Å²) in [5.74, 6) is -2.72. The van der Waals surface area contributed by atoms with Gasteiger partial charge in [-0.05, 0) is 25.7 Å². The minimum absolute atomic E-state index is 0.0776. The molecule has 0 saturated carbocycles. The van der Waals surface area contributed by atoms with Crippen molar-refractivity contribution in [2.75, 3.05) is 26.2 Å². The molecule has 1 aliphatic rings. The Morgan fingerprint density at radius 1 is 1.26 bits per heavy atom. The van der Waals surface area contributed by atoms with E-state index >= 15 is 0 Å². The number of carboxylic acids is 1. The highest BCUT2D eigenvalue weighted by Crippen LogP contribution is 2.17. The van der Waals surface area contributed by atoms with Crippen molar-refractivity contribution in [1.82, 2.24) is 15.5 Å². The molecule has 1 rings (SSSR count). The maximum absolute atomic E-state index is 12.3. The van der Waals surface area contributed by atoms with Crippen LogP contribution < -0.4 is 27.8 Å². The molecule has 2 atom stereocenters. The molecule has 1 heterocycles. The summed E-state index contributed by atoms with van der Waals surface area (Å²) in [6, 6.07) is -1.78. The fraction of sp³-hybridized carbons (Fsp3) is 0.667. The zero-order valence-electron chi connectivity index (χ0n) is 15.0. The Balaban J connectivity index is 2.58. The molecule has 2 unspecified atom stereocenters. The van der Waals surface area contributed by atoms with Crippen molar-refractivity contribution in [2.24, 2.45) is 22.2 Å². The van der Waals surface area contributed by atoms with Crippen molar-refractivity contribution in [3.05, 3.63) is 0 Å². The number of nitrogens with one attached hydrogen (secondary N) is 2. The van der Waals surface area contributed by atoms with Crippen LogP contribution in [0.1, 0.15) is 25.7 Å². The van der Waals surface area contributed by atoms with Crippen molar-refractivity contribution in [3.8, 4) is 0 Å². The predicted molar refractivity (Wildman–Crippen MR) is 96.3 cm³/mol. The number of amides is 3. The number of rotatable bonds is 10. The van der Waals surface area contributed by atoms with Crippen LogP contribution in [-0.4, -0.2) is 77.9 Å². The number of carbonyl (C=O) groups is 4. The number of likely N-dealkylation sites (tertiary alicyclic amines) is 1. The molecule has 3 amide bonds. The average molecular weight is 385 g/mol. The zero-order valence-corrected chi connectivity index (χ0v) is 15.0. The van der Waals surface area contributed by atoms with Gasteiger partial charge in [-0.15, -0.1) is 0 Å². The van der Waals surface area contributed by atoms with Crippen LogP contribution in [0.4, 0.5) is 0 Å². The lowest BCUT2D eigenvalue weighted by Crippen LogP contribution is -2.51. The second-order valence-corrected chi connectivity index (χ2v) is 6.07. The lowest BCUT2D eigenvalue weighted by Gasteiger charge is -2.23. The number of carboxylic acid groups (broad SMARTS) is 1. The van der Waals surface area contributed by atoms with Crippen molar-refractivity contribution < 1.29 is 24.3 Å². The molecular weight excluding hydrogens is 358 g/mol. The molecule has 0 radical (unpaired) electrons. The molecule has 152 valence electrons. The van der Waals surface area contributed by atoms with Gasteiger partial charge in [-0.3, -0.25) is 19.4 Å². The van der Waals surface area contributed by atoms with Crippen LogP contribution in [0, 0.1) is 0 Å². The normalized spacial score (nSPS) is 17.1. The summed E-state index contributed by atoms with van der Waals surface area (Å²) in [5, 5.41) is 14.0. The molecule has 1 aliphatic heterocycles. The SMILES string of the molecule is NCC(=O)NC(CCCN=C(N)N)C(=O)NCC(=O)N1CCCC1C(=O)O. The Kier molecular flexibility index (Phi) is 8.99. The van der Waals surface area contributed by atoms with Gasteiger partial charge in [-0.1, -0.05) is 0 Å². The largest absolute Gasteiger partial charge is 0.480 e. The van der Waals surface area contributed by atoms with E-state index in [-0.39, 0.29) is 32.0 Å². The molecule has 0 aromatic carbocycles. The first-order valence-electron chi connectivity index (χ1n) is 8.61. The van der Waals surface area contributed by atoms with Gasteiger partial charge in [0.15, 0.2) is 5.96 Å². The van der Waals surface area contributed by atoms with Crippen molar-refractivity contribution in [3.63, 3.8) is 0 Å². The van der Waals surface area contributed by atoms with Crippen LogP contribution in [0.15, 0.2) is 4.99 Å². The van der Waals surface area contributed by atoms with Crippen LogP contribution >= 0.6 is 0 Å². The lowest BCUT2D eigenvalue weighted by molar-refractivity contribution is -0.148. The standard InChI is InChI=1S/C15H27N7O5/c16-7-11(23)21-9(3-1-5-19-15(17)18)13(25)20-8-12(24)22-6-2-4-10(22)14(26)27/h9-10H,1-8,16H2,(H,20,25)(H,21,23)(H,26,27)(H4,17,18,19). The zero-order chi connectivity index (χ0) is 20.4. The van der Waals surface area contributed by atoms with Crippen molar-refractivity contribution in [1.29, 1.82) is 0 Å².